The van der Waals surface area contributed by atoms with Gasteiger partial charge in [-0.25, -0.2) is 0 Å². The maximum atomic E-state index is 11.8. The smallest absolute Gasteiger partial charge is 0.164 e. The second-order valence-electron chi connectivity index (χ2n) is 3.94. The van der Waals surface area contributed by atoms with Crippen molar-refractivity contribution in [2.24, 2.45) is 11.8 Å². The van der Waals surface area contributed by atoms with Crippen LogP contribution >= 0.6 is 0 Å². The molecule has 0 aromatic rings. The van der Waals surface area contributed by atoms with Gasteiger partial charge in [0, 0.05) is 5.92 Å². The summed E-state index contributed by atoms with van der Waals surface area (Å²) in [5.41, 5.74) is 0. The largest absolute Gasteiger partial charge is 0.385 e. The highest BCUT2D eigenvalue weighted by Crippen LogP contribution is 2.20. The summed E-state index contributed by atoms with van der Waals surface area (Å²) < 4.78 is 0. The third-order valence-electron chi connectivity index (χ3n) is 3.17. The predicted molar refractivity (Wildman–Crippen MR) is 59.2 cm³/mol. The molecular weight excluding hydrogens is 176 g/mol. The van der Waals surface area contributed by atoms with Crippen LogP contribution in [0.2, 0.25) is 0 Å². The van der Waals surface area contributed by atoms with Crippen LogP contribution < -0.4 is 0 Å². The molecule has 0 amide bonds. The molecule has 0 radical (unpaired) electrons. The van der Waals surface area contributed by atoms with Gasteiger partial charge in [-0.3, -0.25) is 4.79 Å². The second kappa shape index (κ2) is 6.99. The van der Waals surface area contributed by atoms with Gasteiger partial charge in [0.1, 0.15) is 6.10 Å². The van der Waals surface area contributed by atoms with E-state index in [9.17, 15) is 9.90 Å². The molecule has 2 nitrogen and oxygen atoms in total. The number of ketones is 1. The maximum absolute atomic E-state index is 11.8. The lowest BCUT2D eigenvalue weighted by atomic mass is 9.86. The highest BCUT2D eigenvalue weighted by atomic mass is 16.3. The monoisotopic (exact) mass is 200 g/mol. The van der Waals surface area contributed by atoms with Gasteiger partial charge >= 0.3 is 0 Å². The van der Waals surface area contributed by atoms with Crippen molar-refractivity contribution in [1.82, 2.24) is 0 Å². The van der Waals surface area contributed by atoms with Crippen LogP contribution in [0.15, 0.2) is 0 Å². The van der Waals surface area contributed by atoms with Crippen molar-refractivity contribution >= 4 is 5.78 Å². The zero-order valence-corrected chi connectivity index (χ0v) is 9.92. The van der Waals surface area contributed by atoms with Gasteiger partial charge in [0.2, 0.25) is 0 Å². The molecule has 1 atom stereocenters. The number of carbonyl (C=O) groups excluding carboxylic acids is 1. The fraction of sp³-hybridized carbons (Fsp3) is 0.917. The Morgan fingerprint density at radius 2 is 1.43 bits per heavy atom. The Morgan fingerprint density at radius 1 is 1.00 bits per heavy atom. The number of aliphatic hydroxyl groups excluding tert-OH is 1. The number of carbonyl (C=O) groups is 1. The Kier molecular flexibility index (Phi) is 6.81. The van der Waals surface area contributed by atoms with Crippen molar-refractivity contribution in [2.45, 2.75) is 59.5 Å². The van der Waals surface area contributed by atoms with Crippen LogP contribution in [-0.2, 0) is 4.79 Å². The number of aliphatic hydroxyl groups is 1. The molecule has 0 aliphatic rings. The van der Waals surface area contributed by atoms with Crippen LogP contribution in [0.5, 0.6) is 0 Å². The highest BCUT2D eigenvalue weighted by Gasteiger charge is 2.27. The lowest BCUT2D eigenvalue weighted by Crippen LogP contribution is -2.33. The van der Waals surface area contributed by atoms with E-state index in [2.05, 4.69) is 0 Å². The minimum absolute atomic E-state index is 0.0451. The molecule has 0 fully saturated rings. The molecular formula is C12H24O2. The number of hydrogen-bond donors (Lipinski definition) is 1. The molecule has 0 heterocycles. The molecule has 0 bridgehead atoms. The molecule has 2 heteroatoms. The first-order valence-electron chi connectivity index (χ1n) is 5.83. The summed E-state index contributed by atoms with van der Waals surface area (Å²) in [5.74, 6) is 0.234. The number of rotatable bonds is 7. The van der Waals surface area contributed by atoms with Crippen LogP contribution in [0.3, 0.4) is 0 Å². The summed E-state index contributed by atoms with van der Waals surface area (Å²) in [6.45, 7) is 8.06. The molecule has 0 saturated heterocycles. The molecule has 14 heavy (non-hydrogen) atoms. The van der Waals surface area contributed by atoms with E-state index in [-0.39, 0.29) is 17.6 Å². The van der Waals surface area contributed by atoms with Crippen LogP contribution in [-0.4, -0.2) is 17.0 Å². The molecule has 1 N–H and O–H groups in total. The van der Waals surface area contributed by atoms with Crippen molar-refractivity contribution in [1.29, 1.82) is 0 Å². The van der Waals surface area contributed by atoms with Crippen LogP contribution in [0.4, 0.5) is 0 Å². The highest BCUT2D eigenvalue weighted by molar-refractivity contribution is 5.85. The topological polar surface area (TPSA) is 37.3 Å². The van der Waals surface area contributed by atoms with Crippen molar-refractivity contribution < 1.29 is 9.90 Å². The number of Topliss-reactive ketones (excluding diaryl/α,β-unsaturated/α-hetero) is 1. The third-order valence-corrected chi connectivity index (χ3v) is 3.17. The molecule has 0 spiro atoms. The van der Waals surface area contributed by atoms with E-state index < -0.39 is 6.10 Å². The predicted octanol–water partition coefficient (Wildman–Crippen LogP) is 2.79. The Balaban J connectivity index is 4.34. The summed E-state index contributed by atoms with van der Waals surface area (Å²) >= 11 is 0. The van der Waals surface area contributed by atoms with Crippen molar-refractivity contribution in [3.63, 3.8) is 0 Å². The van der Waals surface area contributed by atoms with E-state index in [4.69, 9.17) is 0 Å². The summed E-state index contributed by atoms with van der Waals surface area (Å²) in [6, 6.07) is 0. The van der Waals surface area contributed by atoms with E-state index >= 15 is 0 Å². The fourth-order valence-electron chi connectivity index (χ4n) is 1.90. The first-order chi connectivity index (χ1) is 6.62. The minimum Gasteiger partial charge on any atom is -0.385 e. The molecule has 84 valence electrons. The second-order valence-corrected chi connectivity index (χ2v) is 3.94. The van der Waals surface area contributed by atoms with Crippen molar-refractivity contribution in [3.05, 3.63) is 0 Å². The summed E-state index contributed by atoms with van der Waals surface area (Å²) in [4.78, 5) is 11.8. The molecule has 0 saturated carbocycles. The average Bonchev–Trinajstić information content (AvgIpc) is 2.21. The Labute approximate surface area is 87.7 Å². The number of hydrogen-bond acceptors (Lipinski definition) is 2. The quantitative estimate of drug-likeness (QED) is 0.686. The van der Waals surface area contributed by atoms with Gasteiger partial charge in [-0.1, -0.05) is 40.5 Å². The molecule has 0 aliphatic carbocycles. The van der Waals surface area contributed by atoms with Gasteiger partial charge < -0.3 is 5.11 Å². The first kappa shape index (κ1) is 13.6. The Bertz CT molecular complexity index is 158. The molecule has 0 aromatic heterocycles. The first-order valence-corrected chi connectivity index (χ1v) is 5.83. The van der Waals surface area contributed by atoms with E-state index in [0.717, 1.165) is 25.7 Å². The van der Waals surface area contributed by atoms with Crippen LogP contribution in [0.25, 0.3) is 0 Å². The van der Waals surface area contributed by atoms with Crippen LogP contribution in [0.1, 0.15) is 53.4 Å². The van der Waals surface area contributed by atoms with Gasteiger partial charge in [-0.05, 0) is 18.8 Å². The lowest BCUT2D eigenvalue weighted by Gasteiger charge is -2.22. The van der Waals surface area contributed by atoms with E-state index in [1.165, 1.54) is 0 Å². The van der Waals surface area contributed by atoms with E-state index in [1.807, 2.05) is 27.7 Å². The van der Waals surface area contributed by atoms with Crippen molar-refractivity contribution in [2.75, 3.05) is 0 Å². The summed E-state index contributed by atoms with van der Waals surface area (Å²) in [6.07, 6.45) is 2.70. The zero-order chi connectivity index (χ0) is 11.1. The van der Waals surface area contributed by atoms with E-state index in [1.54, 1.807) is 0 Å². The minimum atomic E-state index is -0.741. The van der Waals surface area contributed by atoms with Gasteiger partial charge in [0.25, 0.3) is 0 Å². The van der Waals surface area contributed by atoms with Gasteiger partial charge in [0.15, 0.2) is 5.78 Å². The zero-order valence-electron chi connectivity index (χ0n) is 9.92. The summed E-state index contributed by atoms with van der Waals surface area (Å²) in [7, 11) is 0. The molecule has 1 unspecified atom stereocenters. The van der Waals surface area contributed by atoms with Gasteiger partial charge in [0.05, 0.1) is 0 Å². The third kappa shape index (κ3) is 3.41. The fourth-order valence-corrected chi connectivity index (χ4v) is 1.90. The van der Waals surface area contributed by atoms with Gasteiger partial charge in [-0.2, -0.15) is 0 Å². The maximum Gasteiger partial charge on any atom is 0.164 e. The van der Waals surface area contributed by atoms with E-state index in [0.29, 0.717) is 0 Å². The molecule has 0 aromatic carbocycles. The SMILES string of the molecule is CCC(CC)C(=O)C(O)C(CC)CC. The Morgan fingerprint density at radius 3 is 1.71 bits per heavy atom. The summed E-state index contributed by atoms with van der Waals surface area (Å²) in [5, 5.41) is 9.86. The average molecular weight is 200 g/mol. The normalized spacial score (nSPS) is 13.6. The lowest BCUT2D eigenvalue weighted by molar-refractivity contribution is -0.134. The van der Waals surface area contributed by atoms with Gasteiger partial charge in [-0.15, -0.1) is 0 Å². The van der Waals surface area contributed by atoms with Crippen molar-refractivity contribution in [3.8, 4) is 0 Å². The molecule has 0 rings (SSSR count). The molecule has 0 aliphatic heterocycles. The van der Waals surface area contributed by atoms with Crippen LogP contribution in [0, 0.1) is 11.8 Å². The Hall–Kier alpha value is -0.370. The standard InChI is InChI=1S/C12H24O2/c1-5-9(6-2)11(13)12(14)10(7-3)8-4/h9-11,13H,5-8H2,1-4H3.